The van der Waals surface area contributed by atoms with E-state index in [1.165, 1.54) is 38.5 Å². The van der Waals surface area contributed by atoms with E-state index in [1.54, 1.807) is 0 Å². The van der Waals surface area contributed by atoms with Gasteiger partial charge in [-0.2, -0.15) is 0 Å². The van der Waals surface area contributed by atoms with Gasteiger partial charge in [0.2, 0.25) is 5.91 Å². The quantitative estimate of drug-likeness (QED) is 0.677. The van der Waals surface area contributed by atoms with Gasteiger partial charge in [0, 0.05) is 23.8 Å². The molecule has 18 heavy (non-hydrogen) atoms. The second-order valence-corrected chi connectivity index (χ2v) is 7.78. The molecule has 0 radical (unpaired) electrons. The van der Waals surface area contributed by atoms with Crippen LogP contribution in [0.4, 0.5) is 0 Å². The Morgan fingerprint density at radius 1 is 1.00 bits per heavy atom. The van der Waals surface area contributed by atoms with E-state index in [0.29, 0.717) is 16.7 Å². The highest BCUT2D eigenvalue weighted by atomic mass is 79.9. The molecule has 1 amide bonds. The molecule has 1 saturated heterocycles. The maximum absolute atomic E-state index is 12.5. The monoisotopic (exact) mass is 313 g/mol. The fourth-order valence-corrected chi connectivity index (χ4v) is 4.83. The van der Waals surface area contributed by atoms with Gasteiger partial charge in [-0.15, -0.1) is 0 Å². The van der Waals surface area contributed by atoms with Crippen molar-refractivity contribution in [2.45, 2.75) is 56.2 Å². The molecular weight excluding hydrogens is 290 g/mol. The Bertz CT molecular complexity index is 320. The van der Waals surface area contributed by atoms with E-state index in [1.807, 2.05) is 0 Å². The predicted octanol–water partition coefficient (Wildman–Crippen LogP) is 3.59. The number of halogens is 1. The van der Waals surface area contributed by atoms with E-state index in [2.05, 4.69) is 20.8 Å². The first-order valence-electron chi connectivity index (χ1n) is 7.67. The number of hydrogen-bond donors (Lipinski definition) is 0. The van der Waals surface area contributed by atoms with Crippen molar-refractivity contribution >= 4 is 21.8 Å². The van der Waals surface area contributed by atoms with Crippen LogP contribution in [0, 0.1) is 17.8 Å². The number of carbonyl (C=O) groups excluding carboxylic acids is 1. The van der Waals surface area contributed by atoms with Crippen LogP contribution in [0.2, 0.25) is 0 Å². The number of likely N-dealkylation sites (tertiary alicyclic amines) is 1. The summed E-state index contributed by atoms with van der Waals surface area (Å²) in [6.45, 7) is 1.91. The molecule has 0 aromatic rings. The Morgan fingerprint density at radius 2 is 1.78 bits per heavy atom. The SMILES string of the molecule is O=C(C1CCC2CCCCC2C1)N1CCC(Br)C1. The maximum Gasteiger partial charge on any atom is 0.225 e. The van der Waals surface area contributed by atoms with Crippen molar-refractivity contribution in [2.24, 2.45) is 17.8 Å². The molecule has 1 heterocycles. The fourth-order valence-electron chi connectivity index (χ4n) is 4.27. The summed E-state index contributed by atoms with van der Waals surface area (Å²) in [6.07, 6.45) is 10.4. The summed E-state index contributed by atoms with van der Waals surface area (Å²) in [4.78, 5) is 15.2. The van der Waals surface area contributed by atoms with Crippen molar-refractivity contribution in [3.8, 4) is 0 Å². The van der Waals surface area contributed by atoms with Gasteiger partial charge in [0.25, 0.3) is 0 Å². The van der Waals surface area contributed by atoms with Gasteiger partial charge in [-0.3, -0.25) is 4.79 Å². The van der Waals surface area contributed by atoms with E-state index in [0.717, 1.165) is 37.8 Å². The first-order valence-corrected chi connectivity index (χ1v) is 8.58. The molecule has 3 aliphatic rings. The fraction of sp³-hybridized carbons (Fsp3) is 0.933. The van der Waals surface area contributed by atoms with Gasteiger partial charge in [0.1, 0.15) is 0 Å². The zero-order valence-corrected chi connectivity index (χ0v) is 12.7. The number of nitrogens with zero attached hydrogens (tertiary/aromatic N) is 1. The second-order valence-electron chi connectivity index (χ2n) is 6.48. The molecule has 0 spiro atoms. The van der Waals surface area contributed by atoms with E-state index in [4.69, 9.17) is 0 Å². The summed E-state index contributed by atoms with van der Waals surface area (Å²) in [5.41, 5.74) is 0. The summed E-state index contributed by atoms with van der Waals surface area (Å²) >= 11 is 3.63. The minimum absolute atomic E-state index is 0.349. The van der Waals surface area contributed by atoms with E-state index < -0.39 is 0 Å². The molecule has 3 fully saturated rings. The van der Waals surface area contributed by atoms with Crippen LogP contribution < -0.4 is 0 Å². The molecular formula is C15H24BrNO. The Balaban J connectivity index is 1.58. The first kappa shape index (κ1) is 13.0. The van der Waals surface area contributed by atoms with Crippen molar-refractivity contribution in [3.63, 3.8) is 0 Å². The lowest BCUT2D eigenvalue weighted by Crippen LogP contribution is -2.39. The predicted molar refractivity (Wildman–Crippen MR) is 76.7 cm³/mol. The molecule has 4 atom stereocenters. The molecule has 2 nitrogen and oxygen atoms in total. The summed E-state index contributed by atoms with van der Waals surface area (Å²) in [6, 6.07) is 0. The summed E-state index contributed by atoms with van der Waals surface area (Å²) in [7, 11) is 0. The van der Waals surface area contributed by atoms with Gasteiger partial charge in [-0.25, -0.2) is 0 Å². The molecule has 2 aliphatic carbocycles. The summed E-state index contributed by atoms with van der Waals surface area (Å²) in [5.74, 6) is 2.62. The lowest BCUT2D eigenvalue weighted by atomic mass is 9.67. The highest BCUT2D eigenvalue weighted by Gasteiger charge is 2.37. The van der Waals surface area contributed by atoms with Crippen LogP contribution in [0.1, 0.15) is 51.4 Å². The summed E-state index contributed by atoms with van der Waals surface area (Å²) < 4.78 is 0. The van der Waals surface area contributed by atoms with Crippen molar-refractivity contribution in [3.05, 3.63) is 0 Å². The van der Waals surface area contributed by atoms with E-state index in [-0.39, 0.29) is 0 Å². The topological polar surface area (TPSA) is 20.3 Å². The minimum atomic E-state index is 0.349. The average molecular weight is 314 g/mol. The number of fused-ring (bicyclic) bond motifs is 1. The van der Waals surface area contributed by atoms with E-state index in [9.17, 15) is 4.79 Å². The van der Waals surface area contributed by atoms with Crippen molar-refractivity contribution in [1.29, 1.82) is 0 Å². The van der Waals surface area contributed by atoms with Crippen LogP contribution in [-0.4, -0.2) is 28.7 Å². The third-order valence-corrected chi connectivity index (χ3v) is 6.08. The third kappa shape index (κ3) is 2.61. The molecule has 4 unspecified atom stereocenters. The van der Waals surface area contributed by atoms with Gasteiger partial charge in [0.15, 0.2) is 0 Å². The van der Waals surface area contributed by atoms with Crippen LogP contribution in [0.3, 0.4) is 0 Å². The number of carbonyl (C=O) groups is 1. The van der Waals surface area contributed by atoms with Crippen LogP contribution in [0.25, 0.3) is 0 Å². The van der Waals surface area contributed by atoms with Crippen molar-refractivity contribution in [1.82, 2.24) is 4.90 Å². The molecule has 3 heteroatoms. The third-order valence-electron chi connectivity index (χ3n) is 5.33. The number of amides is 1. The number of alkyl halides is 1. The van der Waals surface area contributed by atoms with Gasteiger partial charge in [-0.1, -0.05) is 41.6 Å². The minimum Gasteiger partial charge on any atom is -0.341 e. The molecule has 3 rings (SSSR count). The molecule has 2 saturated carbocycles. The van der Waals surface area contributed by atoms with Crippen LogP contribution >= 0.6 is 15.9 Å². The lowest BCUT2D eigenvalue weighted by molar-refractivity contribution is -0.136. The number of hydrogen-bond acceptors (Lipinski definition) is 1. The van der Waals surface area contributed by atoms with Crippen LogP contribution in [0.5, 0.6) is 0 Å². The Hall–Kier alpha value is -0.0500. The Labute approximate surface area is 119 Å². The highest BCUT2D eigenvalue weighted by Crippen LogP contribution is 2.43. The zero-order valence-electron chi connectivity index (χ0n) is 11.1. The molecule has 0 bridgehead atoms. The van der Waals surface area contributed by atoms with Crippen LogP contribution in [0.15, 0.2) is 0 Å². The molecule has 0 aromatic heterocycles. The van der Waals surface area contributed by atoms with Gasteiger partial charge < -0.3 is 4.90 Å². The highest BCUT2D eigenvalue weighted by molar-refractivity contribution is 9.09. The Kier molecular flexibility index (Phi) is 3.97. The zero-order chi connectivity index (χ0) is 12.5. The lowest BCUT2D eigenvalue weighted by Gasteiger charge is -2.39. The van der Waals surface area contributed by atoms with Crippen LogP contribution in [-0.2, 0) is 4.79 Å². The molecule has 0 aromatic carbocycles. The van der Waals surface area contributed by atoms with Gasteiger partial charge in [-0.05, 0) is 37.5 Å². The normalized spacial score (nSPS) is 40.6. The second kappa shape index (κ2) is 5.52. The van der Waals surface area contributed by atoms with Gasteiger partial charge >= 0.3 is 0 Å². The average Bonchev–Trinajstić information content (AvgIpc) is 2.84. The van der Waals surface area contributed by atoms with Crippen molar-refractivity contribution < 1.29 is 4.79 Å². The van der Waals surface area contributed by atoms with Gasteiger partial charge in [0.05, 0.1) is 0 Å². The molecule has 102 valence electrons. The molecule has 0 N–H and O–H groups in total. The number of rotatable bonds is 1. The smallest absolute Gasteiger partial charge is 0.225 e. The van der Waals surface area contributed by atoms with E-state index >= 15 is 0 Å². The molecule has 1 aliphatic heterocycles. The van der Waals surface area contributed by atoms with Crippen molar-refractivity contribution in [2.75, 3.05) is 13.1 Å². The standard InChI is InChI=1S/C15H24BrNO/c16-14-7-8-17(10-14)15(18)13-6-5-11-3-1-2-4-12(11)9-13/h11-14H,1-10H2. The first-order chi connectivity index (χ1) is 8.74. The largest absolute Gasteiger partial charge is 0.341 e. The Morgan fingerprint density at radius 3 is 2.50 bits per heavy atom. The maximum atomic E-state index is 12.5. The summed E-state index contributed by atoms with van der Waals surface area (Å²) in [5, 5.41) is 0.